The maximum atomic E-state index is 10.5. The summed E-state index contributed by atoms with van der Waals surface area (Å²) in [6.45, 7) is 2.34. The van der Waals surface area contributed by atoms with Gasteiger partial charge in [-0.1, -0.05) is 0 Å². The average molecular weight is 229 g/mol. The molecule has 1 fully saturated rings. The first kappa shape index (κ1) is 12.8. The second-order valence-electron chi connectivity index (χ2n) is 4.28. The third-order valence-corrected chi connectivity index (χ3v) is 2.63. The Morgan fingerprint density at radius 1 is 1.56 bits per heavy atom. The molecule has 0 N–H and O–H groups in total. The lowest BCUT2D eigenvalue weighted by Crippen LogP contribution is -2.32. The van der Waals surface area contributed by atoms with E-state index in [1.807, 2.05) is 11.9 Å². The Morgan fingerprint density at radius 2 is 2.25 bits per heavy atom. The minimum absolute atomic E-state index is 0.420. The molecule has 6 heteroatoms. The molecule has 1 heterocycles. The van der Waals surface area contributed by atoms with Gasteiger partial charge in [0.05, 0.1) is 11.5 Å². The maximum Gasteiger partial charge on any atom is 0.274 e. The highest BCUT2D eigenvalue weighted by Crippen LogP contribution is 2.16. The lowest BCUT2D eigenvalue weighted by Gasteiger charge is -2.27. The van der Waals surface area contributed by atoms with Crippen LogP contribution in [0.5, 0.6) is 0 Å². The van der Waals surface area contributed by atoms with Gasteiger partial charge in [0.1, 0.15) is 0 Å². The molecule has 1 rings (SSSR count). The van der Waals surface area contributed by atoms with Crippen LogP contribution in [0, 0.1) is 16.0 Å². The van der Waals surface area contributed by atoms with Crippen LogP contribution in [0.15, 0.2) is 12.0 Å². The first-order valence-electron chi connectivity index (χ1n) is 5.32. The van der Waals surface area contributed by atoms with E-state index in [-0.39, 0.29) is 0 Å². The summed E-state index contributed by atoms with van der Waals surface area (Å²) < 4.78 is 5.29. The second-order valence-corrected chi connectivity index (χ2v) is 4.28. The quantitative estimate of drug-likeness (QED) is 0.510. The van der Waals surface area contributed by atoms with Crippen LogP contribution < -0.4 is 0 Å². The minimum Gasteiger partial charge on any atom is -0.381 e. The lowest BCUT2D eigenvalue weighted by atomic mass is 10.1. The highest BCUT2D eigenvalue weighted by atomic mass is 16.6. The van der Waals surface area contributed by atoms with Gasteiger partial charge < -0.3 is 14.5 Å². The molecule has 1 aliphatic rings. The Kier molecular flexibility index (Phi) is 4.54. The van der Waals surface area contributed by atoms with Crippen LogP contribution in [0.4, 0.5) is 0 Å². The number of nitrogens with zero attached hydrogens (tertiary/aromatic N) is 3. The smallest absolute Gasteiger partial charge is 0.274 e. The fourth-order valence-electron chi connectivity index (χ4n) is 1.86. The van der Waals surface area contributed by atoms with Crippen molar-refractivity contribution >= 4 is 0 Å². The molecule has 0 spiro atoms. The van der Waals surface area contributed by atoms with E-state index in [9.17, 15) is 10.1 Å². The number of hydrogen-bond acceptors (Lipinski definition) is 5. The molecular weight excluding hydrogens is 210 g/mol. The van der Waals surface area contributed by atoms with Crippen LogP contribution in [-0.2, 0) is 4.74 Å². The van der Waals surface area contributed by atoms with E-state index >= 15 is 0 Å². The fourth-order valence-corrected chi connectivity index (χ4v) is 1.86. The van der Waals surface area contributed by atoms with Gasteiger partial charge in [-0.15, -0.1) is 0 Å². The largest absolute Gasteiger partial charge is 0.381 e. The number of nitro groups is 1. The molecule has 1 saturated heterocycles. The predicted octanol–water partition coefficient (Wildman–Crippen LogP) is 0.592. The predicted molar refractivity (Wildman–Crippen MR) is 60.3 cm³/mol. The maximum absolute atomic E-state index is 10.5. The normalized spacial score (nSPS) is 20.9. The molecule has 0 saturated carbocycles. The summed E-state index contributed by atoms with van der Waals surface area (Å²) in [5.74, 6) is 1.08. The van der Waals surface area contributed by atoms with Crippen molar-refractivity contribution in [2.45, 2.75) is 6.42 Å². The fraction of sp³-hybridized carbons (Fsp3) is 0.800. The first-order chi connectivity index (χ1) is 7.50. The van der Waals surface area contributed by atoms with Gasteiger partial charge in [0, 0.05) is 40.2 Å². The van der Waals surface area contributed by atoms with Gasteiger partial charge in [-0.3, -0.25) is 10.1 Å². The zero-order valence-corrected chi connectivity index (χ0v) is 10.0. The number of hydrogen-bond donors (Lipinski definition) is 0. The molecule has 0 aromatic heterocycles. The summed E-state index contributed by atoms with van der Waals surface area (Å²) in [5, 5.41) is 10.5. The Bertz CT molecular complexity index is 272. The van der Waals surface area contributed by atoms with Gasteiger partial charge in [0.25, 0.3) is 6.20 Å². The molecule has 0 radical (unpaired) electrons. The van der Waals surface area contributed by atoms with Crippen LogP contribution >= 0.6 is 0 Å². The SMILES string of the molecule is CN(C)C(=C[N+](=O)[O-])N(C)CC1CCOC1. The summed E-state index contributed by atoms with van der Waals surface area (Å²) in [5.41, 5.74) is 0. The lowest BCUT2D eigenvalue weighted by molar-refractivity contribution is -0.405. The standard InChI is InChI=1S/C10H19N3O3/c1-11(2)10(7-13(14)15)12(3)6-9-4-5-16-8-9/h7,9H,4-6,8H2,1-3H3. The average Bonchev–Trinajstić information content (AvgIpc) is 2.65. The molecular formula is C10H19N3O3. The van der Waals surface area contributed by atoms with E-state index in [1.165, 1.54) is 0 Å². The summed E-state index contributed by atoms with van der Waals surface area (Å²) in [4.78, 5) is 13.7. The van der Waals surface area contributed by atoms with E-state index in [2.05, 4.69) is 0 Å². The van der Waals surface area contributed by atoms with Gasteiger partial charge in [-0.2, -0.15) is 0 Å². The molecule has 0 amide bonds. The summed E-state index contributed by atoms with van der Waals surface area (Å²) in [6, 6.07) is 0. The van der Waals surface area contributed by atoms with Gasteiger partial charge >= 0.3 is 0 Å². The molecule has 92 valence electrons. The Labute approximate surface area is 95.6 Å². The zero-order chi connectivity index (χ0) is 12.1. The molecule has 0 aromatic rings. The molecule has 1 unspecified atom stereocenters. The third-order valence-electron chi connectivity index (χ3n) is 2.63. The van der Waals surface area contributed by atoms with Crippen molar-refractivity contribution in [2.75, 3.05) is 40.9 Å². The van der Waals surface area contributed by atoms with Crippen LogP contribution in [0.25, 0.3) is 0 Å². The van der Waals surface area contributed by atoms with Crippen LogP contribution in [0.2, 0.25) is 0 Å². The van der Waals surface area contributed by atoms with Gasteiger partial charge in [-0.25, -0.2) is 0 Å². The zero-order valence-electron chi connectivity index (χ0n) is 10.0. The minimum atomic E-state index is -0.420. The van der Waals surface area contributed by atoms with Crippen molar-refractivity contribution < 1.29 is 9.66 Å². The van der Waals surface area contributed by atoms with Crippen molar-refractivity contribution in [3.8, 4) is 0 Å². The second kappa shape index (κ2) is 5.69. The van der Waals surface area contributed by atoms with E-state index < -0.39 is 4.92 Å². The molecule has 16 heavy (non-hydrogen) atoms. The monoisotopic (exact) mass is 229 g/mol. The van der Waals surface area contributed by atoms with E-state index in [1.54, 1.807) is 19.0 Å². The molecule has 1 aliphatic heterocycles. The topological polar surface area (TPSA) is 58.8 Å². The van der Waals surface area contributed by atoms with Crippen molar-refractivity contribution in [3.05, 3.63) is 22.1 Å². The van der Waals surface area contributed by atoms with Gasteiger partial charge in [-0.05, 0) is 6.42 Å². The van der Waals surface area contributed by atoms with Crippen molar-refractivity contribution in [2.24, 2.45) is 5.92 Å². The van der Waals surface area contributed by atoms with Crippen LogP contribution in [0.1, 0.15) is 6.42 Å². The Morgan fingerprint density at radius 3 is 2.69 bits per heavy atom. The summed E-state index contributed by atoms with van der Waals surface area (Å²) in [6.07, 6.45) is 2.07. The van der Waals surface area contributed by atoms with Crippen LogP contribution in [0.3, 0.4) is 0 Å². The van der Waals surface area contributed by atoms with Gasteiger partial charge in [0.2, 0.25) is 0 Å². The Hall–Kier alpha value is -1.30. The number of ether oxygens (including phenoxy) is 1. The summed E-state index contributed by atoms with van der Waals surface area (Å²) >= 11 is 0. The Balaban J connectivity index is 2.59. The number of rotatable bonds is 5. The highest BCUT2D eigenvalue weighted by molar-refractivity contribution is 4.93. The molecule has 0 aliphatic carbocycles. The van der Waals surface area contributed by atoms with Crippen molar-refractivity contribution in [1.82, 2.24) is 9.80 Å². The summed E-state index contributed by atoms with van der Waals surface area (Å²) in [7, 11) is 5.47. The molecule has 0 bridgehead atoms. The van der Waals surface area contributed by atoms with Crippen LogP contribution in [-0.4, -0.2) is 55.6 Å². The van der Waals surface area contributed by atoms with Crippen molar-refractivity contribution in [1.29, 1.82) is 0 Å². The van der Waals surface area contributed by atoms with E-state index in [4.69, 9.17) is 4.74 Å². The van der Waals surface area contributed by atoms with E-state index in [0.29, 0.717) is 11.7 Å². The molecule has 1 atom stereocenters. The molecule has 0 aromatic carbocycles. The molecule has 6 nitrogen and oxygen atoms in total. The third kappa shape index (κ3) is 3.69. The van der Waals surface area contributed by atoms with Crippen molar-refractivity contribution in [3.63, 3.8) is 0 Å². The van der Waals surface area contributed by atoms with E-state index in [0.717, 1.165) is 32.4 Å². The highest BCUT2D eigenvalue weighted by Gasteiger charge is 2.20. The first-order valence-corrected chi connectivity index (χ1v) is 5.32. The van der Waals surface area contributed by atoms with Gasteiger partial charge in [0.15, 0.2) is 5.82 Å².